The molecule has 0 radical (unpaired) electrons. The van der Waals surface area contributed by atoms with Crippen molar-refractivity contribution in [3.63, 3.8) is 0 Å². The Morgan fingerprint density at radius 3 is 2.43 bits per heavy atom. The zero-order chi connectivity index (χ0) is 15.8. The molecular formula is C12H19N3O6. The smallest absolute Gasteiger partial charge is 0.315 e. The summed E-state index contributed by atoms with van der Waals surface area (Å²) in [4.78, 5) is 13.9. The van der Waals surface area contributed by atoms with Gasteiger partial charge in [-0.25, -0.2) is 0 Å². The fraction of sp³-hybridized carbons (Fsp3) is 0.917. The third-order valence-electron chi connectivity index (χ3n) is 3.30. The van der Waals surface area contributed by atoms with Crippen LogP contribution in [0.5, 0.6) is 0 Å². The van der Waals surface area contributed by atoms with Gasteiger partial charge < -0.3 is 24.1 Å². The lowest BCUT2D eigenvalue weighted by molar-refractivity contribution is -0.175. The van der Waals surface area contributed by atoms with Gasteiger partial charge in [-0.05, 0) is 33.2 Å². The van der Waals surface area contributed by atoms with E-state index in [0.29, 0.717) is 0 Å². The molecule has 0 amide bonds. The highest BCUT2D eigenvalue weighted by Gasteiger charge is 2.53. The molecule has 2 heterocycles. The minimum Gasteiger partial charge on any atom is -0.481 e. The highest BCUT2D eigenvalue weighted by molar-refractivity contribution is 5.74. The maximum atomic E-state index is 11.3. The number of nitrogens with zero attached hydrogens (tertiary/aromatic N) is 3. The lowest BCUT2D eigenvalue weighted by Gasteiger charge is -2.25. The fourth-order valence-corrected chi connectivity index (χ4v) is 2.54. The molecule has 0 aromatic rings. The van der Waals surface area contributed by atoms with Gasteiger partial charge in [0.2, 0.25) is 0 Å². The van der Waals surface area contributed by atoms with Crippen molar-refractivity contribution >= 4 is 5.97 Å². The molecule has 4 atom stereocenters. The Hall–Kier alpha value is -1.38. The zero-order valence-corrected chi connectivity index (χ0v) is 12.3. The topological polar surface area (TPSA) is 123 Å². The molecule has 0 aliphatic carbocycles. The second-order valence-corrected chi connectivity index (χ2v) is 5.92. The van der Waals surface area contributed by atoms with Gasteiger partial charge >= 0.3 is 5.97 Å². The summed E-state index contributed by atoms with van der Waals surface area (Å²) in [6.07, 6.45) is -2.15. The number of hydrogen-bond donors (Lipinski definition) is 1. The maximum absolute atomic E-state index is 11.3. The van der Waals surface area contributed by atoms with Crippen LogP contribution in [0, 0.1) is 0 Å². The first-order chi connectivity index (χ1) is 9.65. The zero-order valence-electron chi connectivity index (χ0n) is 12.3. The summed E-state index contributed by atoms with van der Waals surface area (Å²) in [6.45, 7) is 7.08. The highest BCUT2D eigenvalue weighted by atomic mass is 16.8. The number of ether oxygens (including phenoxy) is 4. The van der Waals surface area contributed by atoms with E-state index in [1.807, 2.05) is 0 Å². The molecule has 0 aromatic carbocycles. The number of carboxylic acid groups (broad SMARTS) is 1. The van der Waals surface area contributed by atoms with Crippen LogP contribution < -0.4 is 0 Å². The second-order valence-electron chi connectivity index (χ2n) is 5.92. The summed E-state index contributed by atoms with van der Waals surface area (Å²) in [6, 6.07) is -1.39. The summed E-state index contributed by atoms with van der Waals surface area (Å²) in [5.41, 5.74) is 8.55. The van der Waals surface area contributed by atoms with Gasteiger partial charge in [0.05, 0.1) is 6.61 Å². The number of azide groups is 1. The monoisotopic (exact) mass is 301 g/mol. The van der Waals surface area contributed by atoms with Crippen molar-refractivity contribution in [2.45, 2.75) is 63.6 Å². The third kappa shape index (κ3) is 3.45. The van der Waals surface area contributed by atoms with Crippen LogP contribution in [-0.4, -0.2) is 53.6 Å². The van der Waals surface area contributed by atoms with Crippen molar-refractivity contribution in [2.75, 3.05) is 6.61 Å². The van der Waals surface area contributed by atoms with E-state index in [0.717, 1.165) is 0 Å². The molecule has 0 bridgehead atoms. The largest absolute Gasteiger partial charge is 0.481 e. The number of carboxylic acids is 1. The van der Waals surface area contributed by atoms with Crippen LogP contribution >= 0.6 is 0 Å². The van der Waals surface area contributed by atoms with E-state index in [1.54, 1.807) is 27.7 Å². The van der Waals surface area contributed by atoms with E-state index in [4.69, 9.17) is 24.5 Å². The van der Waals surface area contributed by atoms with Crippen LogP contribution in [-0.2, 0) is 23.7 Å². The van der Waals surface area contributed by atoms with Crippen molar-refractivity contribution in [3.05, 3.63) is 10.4 Å². The quantitative estimate of drug-likeness (QED) is 0.476. The van der Waals surface area contributed by atoms with E-state index < -0.39 is 41.9 Å². The average Bonchev–Trinajstić information content (AvgIpc) is 2.85. The third-order valence-corrected chi connectivity index (χ3v) is 3.30. The Morgan fingerprint density at radius 2 is 1.95 bits per heavy atom. The molecule has 0 spiro atoms. The van der Waals surface area contributed by atoms with Crippen LogP contribution in [0.1, 0.15) is 27.7 Å². The van der Waals surface area contributed by atoms with Crippen molar-refractivity contribution in [1.82, 2.24) is 0 Å². The van der Waals surface area contributed by atoms with E-state index in [2.05, 4.69) is 10.0 Å². The molecule has 1 N–H and O–H groups in total. The summed E-state index contributed by atoms with van der Waals surface area (Å²) in [7, 11) is 0. The Balaban J connectivity index is 2.24. The van der Waals surface area contributed by atoms with Gasteiger partial charge in [-0.2, -0.15) is 0 Å². The molecule has 2 saturated heterocycles. The number of carbonyl (C=O) groups is 1. The summed E-state index contributed by atoms with van der Waals surface area (Å²) in [5.74, 6) is -3.05. The molecule has 2 aliphatic heterocycles. The molecule has 9 heteroatoms. The van der Waals surface area contributed by atoms with Crippen LogP contribution in [0.25, 0.3) is 10.4 Å². The first-order valence-electron chi connectivity index (χ1n) is 6.60. The molecule has 0 aromatic heterocycles. The average molecular weight is 301 g/mol. The molecule has 2 aliphatic rings. The van der Waals surface area contributed by atoms with Gasteiger partial charge in [0.25, 0.3) is 0 Å². The second kappa shape index (κ2) is 5.43. The Bertz CT molecular complexity index is 472. The lowest BCUT2D eigenvalue weighted by atomic mass is 10.0. The van der Waals surface area contributed by atoms with Crippen molar-refractivity contribution in [1.29, 1.82) is 0 Å². The summed E-state index contributed by atoms with van der Waals surface area (Å²) >= 11 is 0. The number of rotatable bonds is 4. The lowest BCUT2D eigenvalue weighted by Crippen LogP contribution is -2.46. The van der Waals surface area contributed by atoms with Gasteiger partial charge in [-0.15, -0.1) is 0 Å². The fourth-order valence-electron chi connectivity index (χ4n) is 2.54. The predicted molar refractivity (Wildman–Crippen MR) is 69.3 cm³/mol. The van der Waals surface area contributed by atoms with Crippen molar-refractivity contribution in [2.24, 2.45) is 5.11 Å². The van der Waals surface area contributed by atoms with Gasteiger partial charge in [0.1, 0.15) is 18.3 Å². The first-order valence-corrected chi connectivity index (χ1v) is 6.60. The molecule has 21 heavy (non-hydrogen) atoms. The molecule has 2 fully saturated rings. The molecule has 0 saturated carbocycles. The molecule has 9 nitrogen and oxygen atoms in total. The summed E-state index contributed by atoms with van der Waals surface area (Å²) < 4.78 is 22.5. The number of aliphatic carboxylic acids is 1. The van der Waals surface area contributed by atoms with E-state index in [9.17, 15) is 9.90 Å². The molecule has 118 valence electrons. The number of hydrogen-bond acceptors (Lipinski definition) is 6. The SMILES string of the molecule is CC1(C)OC([C@H](N=[N+]=[N-])C(=O)O)C([C@H]2COC(C)(C)O2)O1. The van der Waals surface area contributed by atoms with E-state index in [1.165, 1.54) is 0 Å². The predicted octanol–water partition coefficient (Wildman–Crippen LogP) is 1.42. The van der Waals surface area contributed by atoms with Crippen LogP contribution in [0.3, 0.4) is 0 Å². The summed E-state index contributed by atoms with van der Waals surface area (Å²) in [5, 5.41) is 12.5. The van der Waals surface area contributed by atoms with Gasteiger partial charge in [0, 0.05) is 4.91 Å². The highest BCUT2D eigenvalue weighted by Crippen LogP contribution is 2.37. The van der Waals surface area contributed by atoms with Gasteiger partial charge in [-0.3, -0.25) is 4.79 Å². The maximum Gasteiger partial charge on any atom is 0.315 e. The molecule has 2 rings (SSSR count). The standard InChI is InChI=1S/C12H19N3O6/c1-11(2)18-5-6(19-11)8-9(21-12(3,4)20-8)7(10(16)17)14-15-13/h6-9H,5H2,1-4H3,(H,16,17)/t6-,7+,8?,9?/m1/s1. The van der Waals surface area contributed by atoms with Crippen molar-refractivity contribution < 1.29 is 28.8 Å². The van der Waals surface area contributed by atoms with Crippen LogP contribution in [0.4, 0.5) is 0 Å². The minimum atomic E-state index is -1.39. The molecule has 2 unspecified atom stereocenters. The van der Waals surface area contributed by atoms with Gasteiger partial charge in [-0.1, -0.05) is 5.11 Å². The Kier molecular flexibility index (Phi) is 4.14. The van der Waals surface area contributed by atoms with Crippen molar-refractivity contribution in [3.8, 4) is 0 Å². The minimum absolute atomic E-state index is 0.246. The molecular weight excluding hydrogens is 282 g/mol. The van der Waals surface area contributed by atoms with Crippen LogP contribution in [0.2, 0.25) is 0 Å². The van der Waals surface area contributed by atoms with E-state index >= 15 is 0 Å². The normalized spacial score (nSPS) is 35.1. The first kappa shape index (κ1) is 16.0. The van der Waals surface area contributed by atoms with Crippen LogP contribution in [0.15, 0.2) is 5.11 Å². The Labute approximate surface area is 121 Å². The van der Waals surface area contributed by atoms with Gasteiger partial charge in [0.15, 0.2) is 17.6 Å². The van der Waals surface area contributed by atoms with E-state index in [-0.39, 0.29) is 6.61 Å². The Morgan fingerprint density at radius 1 is 1.29 bits per heavy atom.